The summed E-state index contributed by atoms with van der Waals surface area (Å²) in [5.41, 5.74) is 0.0585. The predicted molar refractivity (Wildman–Crippen MR) is 131 cm³/mol. The third-order valence-electron chi connectivity index (χ3n) is 5.22. The molecule has 1 amide bonds. The maximum atomic E-state index is 14.6. The maximum Gasteiger partial charge on any atom is 0.311 e. The van der Waals surface area contributed by atoms with E-state index in [2.05, 4.69) is 10.3 Å². The average Bonchev–Trinajstić information content (AvgIpc) is 2.84. The first-order chi connectivity index (χ1) is 17.2. The molecule has 0 bridgehead atoms. The smallest absolute Gasteiger partial charge is 0.311 e. The number of nitrogens with one attached hydrogen (secondary N) is 1. The fourth-order valence-corrected chi connectivity index (χ4v) is 4.32. The number of rotatable bonds is 7. The number of benzene rings is 3. The molecular formula is C24H18F2N4O5S. The Morgan fingerprint density at radius 2 is 1.94 bits per heavy atom. The summed E-state index contributed by atoms with van der Waals surface area (Å²) in [6.45, 7) is 1.59. The van der Waals surface area contributed by atoms with E-state index >= 15 is 0 Å². The molecule has 0 aliphatic rings. The normalized spacial score (nSPS) is 10.9. The van der Waals surface area contributed by atoms with Crippen molar-refractivity contribution in [2.75, 3.05) is 18.2 Å². The number of halogens is 2. The summed E-state index contributed by atoms with van der Waals surface area (Å²) in [4.78, 5) is 40.9. The number of fused-ring (bicyclic) bond motifs is 1. The lowest BCUT2D eigenvalue weighted by atomic mass is 10.1. The van der Waals surface area contributed by atoms with Gasteiger partial charge < -0.3 is 10.1 Å². The van der Waals surface area contributed by atoms with E-state index in [1.165, 1.54) is 25.3 Å². The van der Waals surface area contributed by atoms with Gasteiger partial charge in [0, 0.05) is 23.9 Å². The second-order valence-corrected chi connectivity index (χ2v) is 8.52. The average molecular weight is 512 g/mol. The number of nitrogens with zero attached hydrogens (tertiary/aromatic N) is 3. The Hall–Kier alpha value is -4.32. The molecule has 0 saturated heterocycles. The van der Waals surface area contributed by atoms with Crippen LogP contribution in [0.4, 0.5) is 20.2 Å². The molecule has 1 heterocycles. The van der Waals surface area contributed by atoms with Gasteiger partial charge >= 0.3 is 5.69 Å². The molecule has 0 aliphatic heterocycles. The van der Waals surface area contributed by atoms with Gasteiger partial charge in [0.25, 0.3) is 5.56 Å². The second-order valence-electron chi connectivity index (χ2n) is 7.58. The number of carbonyl (C=O) groups is 1. The van der Waals surface area contributed by atoms with Gasteiger partial charge in [0.1, 0.15) is 11.6 Å². The Balaban J connectivity index is 1.67. The number of nitro groups is 1. The third-order valence-corrected chi connectivity index (χ3v) is 6.16. The maximum absolute atomic E-state index is 14.6. The number of aryl methyl sites for hydroxylation is 1. The van der Waals surface area contributed by atoms with Gasteiger partial charge in [-0.2, -0.15) is 0 Å². The Morgan fingerprint density at radius 1 is 1.19 bits per heavy atom. The molecule has 0 spiro atoms. The summed E-state index contributed by atoms with van der Waals surface area (Å²) in [6, 6.07) is 11.9. The van der Waals surface area contributed by atoms with Gasteiger partial charge in [-0.05, 0) is 36.8 Å². The summed E-state index contributed by atoms with van der Waals surface area (Å²) in [6.07, 6.45) is 0. The molecule has 0 fully saturated rings. The van der Waals surface area contributed by atoms with Crippen LogP contribution >= 0.6 is 11.8 Å². The molecule has 0 unspecified atom stereocenters. The number of amides is 1. The number of nitro benzene ring substituents is 1. The Bertz CT molecular complexity index is 1570. The van der Waals surface area contributed by atoms with Crippen LogP contribution in [0.25, 0.3) is 16.6 Å². The van der Waals surface area contributed by atoms with Crippen LogP contribution in [0.5, 0.6) is 5.75 Å². The molecule has 36 heavy (non-hydrogen) atoms. The molecule has 3 aromatic carbocycles. The number of thioether (sulfide) groups is 1. The number of para-hydroxylation sites is 1. The minimum atomic E-state index is -0.964. The topological polar surface area (TPSA) is 116 Å². The highest BCUT2D eigenvalue weighted by Crippen LogP contribution is 2.33. The highest BCUT2D eigenvalue weighted by molar-refractivity contribution is 7.99. The molecular weight excluding hydrogens is 494 g/mol. The first kappa shape index (κ1) is 24.8. The largest absolute Gasteiger partial charge is 0.490 e. The standard InChI is InChI=1S/C24H18F2N4O5S/c1-13-9-20(30(33)34)21(35-2)11-18(13)27-22(31)12-36-24-28-17-6-4-3-5-15(17)23(32)29(24)19-8-7-14(25)10-16(19)26/h3-11H,12H2,1-2H3,(H,27,31). The zero-order chi connectivity index (χ0) is 26.0. The molecule has 9 nitrogen and oxygen atoms in total. The van der Waals surface area contributed by atoms with Gasteiger partial charge in [-0.25, -0.2) is 13.8 Å². The monoisotopic (exact) mass is 512 g/mol. The highest BCUT2D eigenvalue weighted by Gasteiger charge is 2.20. The van der Waals surface area contributed by atoms with Crippen LogP contribution in [0.3, 0.4) is 0 Å². The number of carbonyl (C=O) groups excluding carboxylic acids is 1. The molecule has 0 aliphatic carbocycles. The van der Waals surface area contributed by atoms with Crippen LogP contribution in [0.15, 0.2) is 64.5 Å². The van der Waals surface area contributed by atoms with E-state index in [0.717, 1.165) is 28.5 Å². The van der Waals surface area contributed by atoms with Crippen molar-refractivity contribution < 1.29 is 23.2 Å². The quantitative estimate of drug-likeness (QED) is 0.166. The summed E-state index contributed by atoms with van der Waals surface area (Å²) < 4.78 is 34.1. The number of methoxy groups -OCH3 is 1. The first-order valence-corrected chi connectivity index (χ1v) is 11.4. The van der Waals surface area contributed by atoms with Crippen molar-refractivity contribution in [3.8, 4) is 11.4 Å². The van der Waals surface area contributed by atoms with Gasteiger partial charge in [0.2, 0.25) is 5.91 Å². The van der Waals surface area contributed by atoms with Gasteiger partial charge in [0.05, 0.1) is 34.4 Å². The Morgan fingerprint density at radius 3 is 2.64 bits per heavy atom. The minimum absolute atomic E-state index is 0.0228. The molecule has 4 aromatic rings. The Labute approximate surface area is 206 Å². The molecule has 0 radical (unpaired) electrons. The van der Waals surface area contributed by atoms with Crippen LogP contribution < -0.4 is 15.6 Å². The van der Waals surface area contributed by atoms with E-state index in [1.807, 2.05) is 0 Å². The third kappa shape index (κ3) is 4.89. The van der Waals surface area contributed by atoms with Crippen molar-refractivity contribution in [3.63, 3.8) is 0 Å². The van der Waals surface area contributed by atoms with Crippen LogP contribution in [-0.2, 0) is 4.79 Å². The molecule has 1 aromatic heterocycles. The van der Waals surface area contributed by atoms with Gasteiger partial charge in [-0.15, -0.1) is 0 Å². The zero-order valence-electron chi connectivity index (χ0n) is 19.0. The number of hydrogen-bond acceptors (Lipinski definition) is 7. The Kier molecular flexibility index (Phi) is 6.97. The van der Waals surface area contributed by atoms with E-state index in [4.69, 9.17) is 4.74 Å². The molecule has 1 N–H and O–H groups in total. The summed E-state index contributed by atoms with van der Waals surface area (Å²) in [5, 5.41) is 14.1. The van der Waals surface area contributed by atoms with Crippen molar-refractivity contribution in [1.82, 2.24) is 9.55 Å². The predicted octanol–water partition coefficient (Wildman–Crippen LogP) is 4.62. The van der Waals surface area contributed by atoms with Crippen molar-refractivity contribution in [3.05, 3.63) is 92.3 Å². The van der Waals surface area contributed by atoms with E-state index < -0.39 is 28.0 Å². The first-order valence-electron chi connectivity index (χ1n) is 10.4. The van der Waals surface area contributed by atoms with Crippen molar-refractivity contribution >= 4 is 39.9 Å². The van der Waals surface area contributed by atoms with Crippen LogP contribution in [0.1, 0.15) is 5.56 Å². The van der Waals surface area contributed by atoms with E-state index in [-0.39, 0.29) is 33.4 Å². The highest BCUT2D eigenvalue weighted by atomic mass is 32.2. The zero-order valence-corrected chi connectivity index (χ0v) is 19.8. The lowest BCUT2D eigenvalue weighted by molar-refractivity contribution is -0.385. The minimum Gasteiger partial charge on any atom is -0.490 e. The van der Waals surface area contributed by atoms with E-state index in [9.17, 15) is 28.5 Å². The number of aromatic nitrogens is 2. The van der Waals surface area contributed by atoms with E-state index in [0.29, 0.717) is 22.8 Å². The number of hydrogen-bond donors (Lipinski definition) is 1. The SMILES string of the molecule is COc1cc(NC(=O)CSc2nc3ccccc3c(=O)n2-c2ccc(F)cc2F)c(C)cc1[N+](=O)[O-]. The molecule has 0 atom stereocenters. The van der Waals surface area contributed by atoms with Crippen molar-refractivity contribution in [2.45, 2.75) is 12.1 Å². The lowest BCUT2D eigenvalue weighted by Crippen LogP contribution is -2.24. The number of anilines is 1. The summed E-state index contributed by atoms with van der Waals surface area (Å²) >= 11 is 0.875. The van der Waals surface area contributed by atoms with Crippen LogP contribution in [0, 0.1) is 28.7 Å². The fourth-order valence-electron chi connectivity index (χ4n) is 3.51. The van der Waals surface area contributed by atoms with Crippen LogP contribution in [-0.4, -0.2) is 33.2 Å². The number of ether oxygens (including phenoxy) is 1. The van der Waals surface area contributed by atoms with Gasteiger partial charge in [-0.3, -0.25) is 24.3 Å². The molecule has 184 valence electrons. The summed E-state index contributed by atoms with van der Waals surface area (Å²) in [5.74, 6) is -2.53. The molecule has 0 saturated carbocycles. The molecule has 4 rings (SSSR count). The lowest BCUT2D eigenvalue weighted by Gasteiger charge is -2.14. The van der Waals surface area contributed by atoms with Gasteiger partial charge in [-0.1, -0.05) is 23.9 Å². The molecule has 12 heteroatoms. The second kappa shape index (κ2) is 10.1. The van der Waals surface area contributed by atoms with Crippen molar-refractivity contribution in [1.29, 1.82) is 0 Å². The summed E-state index contributed by atoms with van der Waals surface area (Å²) in [7, 11) is 1.28. The van der Waals surface area contributed by atoms with Gasteiger partial charge in [0.15, 0.2) is 10.9 Å². The fraction of sp³-hybridized carbons (Fsp3) is 0.125. The van der Waals surface area contributed by atoms with E-state index in [1.54, 1.807) is 25.1 Å². The van der Waals surface area contributed by atoms with Crippen molar-refractivity contribution in [2.24, 2.45) is 0 Å². The van der Waals surface area contributed by atoms with Crippen LogP contribution in [0.2, 0.25) is 0 Å².